The first-order valence-corrected chi connectivity index (χ1v) is 11.5. The molecule has 0 amide bonds. The lowest BCUT2D eigenvalue weighted by Gasteiger charge is -2.50. The molecule has 2 heterocycles. The predicted octanol–water partition coefficient (Wildman–Crippen LogP) is 4.42. The summed E-state index contributed by atoms with van der Waals surface area (Å²) in [5.74, 6) is 3.98. The first kappa shape index (κ1) is 21.9. The molecular formula is C23H36N6O2. The van der Waals surface area contributed by atoms with Crippen molar-refractivity contribution in [2.45, 2.75) is 84.5 Å². The molecule has 2 aromatic heterocycles. The minimum atomic E-state index is -0.583. The van der Waals surface area contributed by atoms with Crippen molar-refractivity contribution in [2.24, 2.45) is 17.8 Å². The number of rotatable bonds is 7. The van der Waals surface area contributed by atoms with E-state index in [-0.39, 0.29) is 12.1 Å². The Morgan fingerprint density at radius 2 is 2.03 bits per heavy atom. The van der Waals surface area contributed by atoms with Crippen molar-refractivity contribution in [3.8, 4) is 5.88 Å². The highest BCUT2D eigenvalue weighted by atomic mass is 16.5. The summed E-state index contributed by atoms with van der Waals surface area (Å²) in [6, 6.07) is 3.97. The van der Waals surface area contributed by atoms with E-state index in [0.29, 0.717) is 41.2 Å². The topological polar surface area (TPSA) is 108 Å². The maximum absolute atomic E-state index is 10.8. The summed E-state index contributed by atoms with van der Waals surface area (Å²) in [6.45, 7) is 10.2. The normalized spacial score (nSPS) is 30.3. The summed E-state index contributed by atoms with van der Waals surface area (Å²) in [7, 11) is 0. The van der Waals surface area contributed by atoms with Gasteiger partial charge in [-0.25, -0.2) is 0 Å². The van der Waals surface area contributed by atoms with Crippen LogP contribution in [0.5, 0.6) is 5.88 Å². The monoisotopic (exact) mass is 428 g/mol. The molecule has 4 rings (SSSR count). The second kappa shape index (κ2) is 8.65. The fourth-order valence-corrected chi connectivity index (χ4v) is 5.55. The third-order valence-corrected chi connectivity index (χ3v) is 6.56. The van der Waals surface area contributed by atoms with Crippen LogP contribution in [0.25, 0.3) is 0 Å². The van der Waals surface area contributed by atoms with Gasteiger partial charge < -0.3 is 20.5 Å². The van der Waals surface area contributed by atoms with Gasteiger partial charge in [-0.15, -0.1) is 0 Å². The van der Waals surface area contributed by atoms with E-state index >= 15 is 0 Å². The van der Waals surface area contributed by atoms with E-state index in [1.54, 1.807) is 6.07 Å². The van der Waals surface area contributed by atoms with E-state index in [1.165, 1.54) is 0 Å². The predicted molar refractivity (Wildman–Crippen MR) is 122 cm³/mol. The number of nitrogens with zero attached hydrogens (tertiary/aromatic N) is 3. The number of anilines is 3. The molecule has 2 saturated carbocycles. The number of aromatic amines is 1. The third kappa shape index (κ3) is 5.29. The summed E-state index contributed by atoms with van der Waals surface area (Å²) < 4.78 is 5.90. The molecular weight excluding hydrogens is 392 g/mol. The van der Waals surface area contributed by atoms with Crippen LogP contribution in [0.1, 0.15) is 65.5 Å². The van der Waals surface area contributed by atoms with E-state index in [9.17, 15) is 5.11 Å². The van der Waals surface area contributed by atoms with Gasteiger partial charge in [0.25, 0.3) is 0 Å². The SMILES string of the molecule is CCC1CC2CC(CC(C)(O)C2)C1Nc1nc(Nc2cc(C)[nH]n2)cc(OC(C)C)n1. The zero-order valence-electron chi connectivity index (χ0n) is 19.3. The number of aromatic nitrogens is 4. The Kier molecular flexibility index (Phi) is 6.10. The molecule has 5 atom stereocenters. The van der Waals surface area contributed by atoms with Crippen LogP contribution in [0, 0.1) is 24.7 Å². The Bertz CT molecular complexity index is 896. The van der Waals surface area contributed by atoms with Crippen LogP contribution in [-0.2, 0) is 0 Å². The molecule has 2 bridgehead atoms. The molecule has 4 N–H and O–H groups in total. The van der Waals surface area contributed by atoms with Gasteiger partial charge in [-0.05, 0) is 71.1 Å². The van der Waals surface area contributed by atoms with Crippen LogP contribution >= 0.6 is 0 Å². The molecule has 0 radical (unpaired) electrons. The van der Waals surface area contributed by atoms with Crippen LogP contribution in [0.15, 0.2) is 12.1 Å². The van der Waals surface area contributed by atoms with E-state index in [0.717, 1.165) is 37.8 Å². The molecule has 2 aliphatic rings. The molecule has 2 aliphatic carbocycles. The fraction of sp³-hybridized carbons (Fsp3) is 0.696. The Balaban J connectivity index is 1.60. The van der Waals surface area contributed by atoms with Crippen molar-refractivity contribution in [1.82, 2.24) is 20.2 Å². The largest absolute Gasteiger partial charge is 0.475 e. The van der Waals surface area contributed by atoms with Crippen LogP contribution in [0.4, 0.5) is 17.6 Å². The molecule has 8 heteroatoms. The highest BCUT2D eigenvalue weighted by molar-refractivity contribution is 5.55. The lowest BCUT2D eigenvalue weighted by molar-refractivity contribution is -0.0524. The van der Waals surface area contributed by atoms with Gasteiger partial charge in [0, 0.05) is 23.9 Å². The molecule has 2 aromatic rings. The van der Waals surface area contributed by atoms with Crippen molar-refractivity contribution in [3.05, 3.63) is 17.8 Å². The highest BCUT2D eigenvalue weighted by Gasteiger charge is 2.45. The smallest absolute Gasteiger partial charge is 0.228 e. The van der Waals surface area contributed by atoms with Crippen LogP contribution < -0.4 is 15.4 Å². The molecule has 0 saturated heterocycles. The number of fused-ring (bicyclic) bond motifs is 2. The Morgan fingerprint density at radius 3 is 2.71 bits per heavy atom. The summed E-state index contributed by atoms with van der Waals surface area (Å²) in [5.41, 5.74) is 0.390. The maximum Gasteiger partial charge on any atom is 0.228 e. The first-order chi connectivity index (χ1) is 14.7. The third-order valence-electron chi connectivity index (χ3n) is 6.56. The van der Waals surface area contributed by atoms with Crippen LogP contribution in [0.2, 0.25) is 0 Å². The molecule has 31 heavy (non-hydrogen) atoms. The summed E-state index contributed by atoms with van der Waals surface area (Å²) in [5, 5.41) is 24.8. The summed E-state index contributed by atoms with van der Waals surface area (Å²) in [4.78, 5) is 9.37. The van der Waals surface area contributed by atoms with Gasteiger partial charge >= 0.3 is 0 Å². The van der Waals surface area contributed by atoms with Crippen molar-refractivity contribution in [2.75, 3.05) is 10.6 Å². The van der Waals surface area contributed by atoms with E-state index in [2.05, 4.69) is 32.7 Å². The van der Waals surface area contributed by atoms with Crippen molar-refractivity contribution < 1.29 is 9.84 Å². The van der Waals surface area contributed by atoms with Gasteiger partial charge in [0.2, 0.25) is 11.8 Å². The van der Waals surface area contributed by atoms with Crippen LogP contribution in [0.3, 0.4) is 0 Å². The average molecular weight is 429 g/mol. The maximum atomic E-state index is 10.8. The van der Waals surface area contributed by atoms with Crippen LogP contribution in [-0.4, -0.2) is 43.0 Å². The molecule has 5 unspecified atom stereocenters. The minimum Gasteiger partial charge on any atom is -0.475 e. The van der Waals surface area contributed by atoms with E-state index < -0.39 is 5.60 Å². The minimum absolute atomic E-state index is 0.00972. The van der Waals surface area contributed by atoms with Gasteiger partial charge in [0.1, 0.15) is 5.82 Å². The Hall–Kier alpha value is -2.35. The molecule has 170 valence electrons. The first-order valence-electron chi connectivity index (χ1n) is 11.5. The van der Waals surface area contributed by atoms with Gasteiger partial charge in [0.15, 0.2) is 5.82 Å². The number of aryl methyl sites for hydroxylation is 1. The van der Waals surface area contributed by atoms with Gasteiger partial charge in [-0.1, -0.05) is 13.3 Å². The van der Waals surface area contributed by atoms with Gasteiger partial charge in [0.05, 0.1) is 11.7 Å². The zero-order chi connectivity index (χ0) is 22.2. The summed E-state index contributed by atoms with van der Waals surface area (Å²) >= 11 is 0. The number of aliphatic hydroxyl groups is 1. The number of hydrogen-bond donors (Lipinski definition) is 4. The number of ether oxygens (including phenoxy) is 1. The second-order valence-electron chi connectivity index (χ2n) is 9.98. The molecule has 8 nitrogen and oxygen atoms in total. The molecule has 2 fully saturated rings. The number of H-pyrrole nitrogens is 1. The molecule has 0 aliphatic heterocycles. The zero-order valence-corrected chi connectivity index (χ0v) is 19.3. The Morgan fingerprint density at radius 1 is 1.23 bits per heavy atom. The lowest BCUT2D eigenvalue weighted by atomic mass is 9.60. The highest BCUT2D eigenvalue weighted by Crippen LogP contribution is 2.48. The van der Waals surface area contributed by atoms with Gasteiger partial charge in [-0.2, -0.15) is 15.1 Å². The second-order valence-corrected chi connectivity index (χ2v) is 9.98. The van der Waals surface area contributed by atoms with E-state index in [4.69, 9.17) is 9.72 Å². The van der Waals surface area contributed by atoms with Crippen molar-refractivity contribution >= 4 is 17.6 Å². The van der Waals surface area contributed by atoms with Gasteiger partial charge in [-0.3, -0.25) is 5.10 Å². The Labute approximate surface area is 184 Å². The lowest BCUT2D eigenvalue weighted by Crippen LogP contribution is -2.50. The summed E-state index contributed by atoms with van der Waals surface area (Å²) in [6.07, 6.45) is 5.14. The number of hydrogen-bond acceptors (Lipinski definition) is 7. The van der Waals surface area contributed by atoms with E-state index in [1.807, 2.05) is 33.8 Å². The number of nitrogens with one attached hydrogen (secondary N) is 3. The molecule has 0 aromatic carbocycles. The van der Waals surface area contributed by atoms with Crippen molar-refractivity contribution in [3.63, 3.8) is 0 Å². The quantitative estimate of drug-likeness (QED) is 0.517. The van der Waals surface area contributed by atoms with Crippen molar-refractivity contribution in [1.29, 1.82) is 0 Å². The fourth-order valence-electron chi connectivity index (χ4n) is 5.55. The average Bonchev–Trinajstić information content (AvgIpc) is 3.06. The molecule has 0 spiro atoms. The standard InChI is InChI=1S/C23H36N6O2/c1-6-16-8-15-9-17(12-23(5,30)11-15)21(16)27-22-25-18(10-20(26-22)31-13(2)3)24-19-7-14(4)28-29-19/h7,10,13,15-17,21,30H,6,8-9,11-12H2,1-5H3,(H3,24,25,26,27,28,29).